The van der Waals surface area contributed by atoms with Gasteiger partial charge in [-0.1, -0.05) is 55.4 Å². The fraction of sp³-hybridized carbons (Fsp3) is 0.619. The lowest BCUT2D eigenvalue weighted by Crippen LogP contribution is -2.13. The minimum Gasteiger partial charge on any atom is -0.260 e. The summed E-state index contributed by atoms with van der Waals surface area (Å²) in [6, 6.07) is 0. The number of aromatic nitrogens is 6. The van der Waals surface area contributed by atoms with Crippen LogP contribution in [0, 0.1) is 6.57 Å². The molecule has 0 bridgehead atoms. The quantitative estimate of drug-likeness (QED) is 0.424. The van der Waals surface area contributed by atoms with Crippen LogP contribution in [0.3, 0.4) is 0 Å². The molecule has 9 heteroatoms. The molecule has 0 aliphatic carbocycles. The number of azo groups is 1. The first-order chi connectivity index (χ1) is 13.8. The van der Waals surface area contributed by atoms with Gasteiger partial charge in [-0.25, -0.2) is 9.53 Å². The van der Waals surface area contributed by atoms with Gasteiger partial charge in [0.1, 0.15) is 0 Å². The van der Waals surface area contributed by atoms with Crippen molar-refractivity contribution in [3.05, 3.63) is 28.6 Å². The van der Waals surface area contributed by atoms with E-state index in [1.165, 1.54) is 0 Å². The molecule has 3 aromatic heterocycles. The Bertz CT molecular complexity index is 1160. The number of nitrogens with zero attached hydrogens (tertiary/aromatic N) is 9. The predicted octanol–water partition coefficient (Wildman–Crippen LogP) is 5.49. The van der Waals surface area contributed by atoms with Crippen molar-refractivity contribution in [2.45, 2.75) is 72.1 Å². The maximum absolute atomic E-state index is 7.67. The third kappa shape index (κ3) is 3.51. The van der Waals surface area contributed by atoms with E-state index in [1.807, 2.05) is 32.3 Å². The second-order valence-electron chi connectivity index (χ2n) is 10.0. The molecule has 0 saturated carbocycles. The summed E-state index contributed by atoms with van der Waals surface area (Å²) in [6.07, 6.45) is 0. The van der Waals surface area contributed by atoms with Crippen molar-refractivity contribution in [3.63, 3.8) is 0 Å². The molecule has 3 aromatic rings. The van der Waals surface area contributed by atoms with Gasteiger partial charge in [-0.2, -0.15) is 19.8 Å². The Morgan fingerprint density at radius 2 is 1.47 bits per heavy atom. The molecule has 0 aliphatic heterocycles. The molecule has 0 atom stereocenters. The molecule has 0 aromatic carbocycles. The van der Waals surface area contributed by atoms with Crippen LogP contribution in [0.4, 0.5) is 17.2 Å². The molecule has 9 nitrogen and oxygen atoms in total. The Hall–Kier alpha value is -3.02. The van der Waals surface area contributed by atoms with Gasteiger partial charge in [-0.05, 0) is 5.41 Å². The zero-order valence-electron chi connectivity index (χ0n) is 19.6. The van der Waals surface area contributed by atoms with Crippen molar-refractivity contribution in [3.8, 4) is 0 Å². The Morgan fingerprint density at radius 3 is 1.97 bits per heavy atom. The number of hydrogen-bond acceptors (Lipinski definition) is 5. The van der Waals surface area contributed by atoms with Crippen LogP contribution in [0.15, 0.2) is 10.2 Å². The van der Waals surface area contributed by atoms with E-state index in [2.05, 4.69) is 59.9 Å². The summed E-state index contributed by atoms with van der Waals surface area (Å²) in [5.41, 5.74) is 2.94. The molecule has 30 heavy (non-hydrogen) atoms. The minimum absolute atomic E-state index is 0.214. The molecule has 0 radical (unpaired) electrons. The first kappa shape index (κ1) is 21.7. The van der Waals surface area contributed by atoms with Crippen LogP contribution in [0.1, 0.15) is 78.5 Å². The molecule has 0 unspecified atom stereocenters. The third-order valence-corrected chi connectivity index (χ3v) is 4.90. The van der Waals surface area contributed by atoms with E-state index in [0.717, 1.165) is 17.2 Å². The van der Waals surface area contributed by atoms with Gasteiger partial charge in [-0.15, -0.1) is 10.2 Å². The summed E-state index contributed by atoms with van der Waals surface area (Å²) < 4.78 is 5.28. The van der Waals surface area contributed by atoms with Gasteiger partial charge in [0.25, 0.3) is 5.69 Å². The first-order valence-corrected chi connectivity index (χ1v) is 10.1. The maximum Gasteiger partial charge on any atom is 0.255 e. The number of aryl methyl sites for hydroxylation is 2. The summed E-state index contributed by atoms with van der Waals surface area (Å²) in [6.45, 7) is 24.3. The van der Waals surface area contributed by atoms with Crippen molar-refractivity contribution >= 4 is 22.8 Å². The van der Waals surface area contributed by atoms with Crippen LogP contribution in [-0.4, -0.2) is 29.2 Å². The van der Waals surface area contributed by atoms with Crippen molar-refractivity contribution in [2.24, 2.45) is 24.3 Å². The zero-order valence-corrected chi connectivity index (χ0v) is 19.6. The summed E-state index contributed by atoms with van der Waals surface area (Å²) in [5.74, 6) is 1.53. The van der Waals surface area contributed by atoms with E-state index in [4.69, 9.17) is 11.7 Å². The Labute approximate surface area is 177 Å². The zero-order chi connectivity index (χ0) is 22.6. The summed E-state index contributed by atoms with van der Waals surface area (Å²) in [4.78, 5) is 3.71. The monoisotopic (exact) mass is 409 g/mol. The van der Waals surface area contributed by atoms with Crippen LogP contribution < -0.4 is 0 Å². The fourth-order valence-electron chi connectivity index (χ4n) is 3.37. The van der Waals surface area contributed by atoms with E-state index in [9.17, 15) is 0 Å². The van der Waals surface area contributed by atoms with Crippen LogP contribution in [0.5, 0.6) is 0 Å². The minimum atomic E-state index is -0.263. The normalized spacial score (nSPS) is 13.1. The van der Waals surface area contributed by atoms with Crippen LogP contribution in [0.2, 0.25) is 0 Å². The summed E-state index contributed by atoms with van der Waals surface area (Å²) >= 11 is 0. The SMILES string of the molecule is [C-]#[N+]c1c(C(C)(C)C)nn(C)c1N=Nc1c(C(C)(C)C)nn2c(C(C)C)nn(C)c12. The van der Waals surface area contributed by atoms with Gasteiger partial charge in [-0.3, -0.25) is 4.68 Å². The highest BCUT2D eigenvalue weighted by molar-refractivity contribution is 5.71. The lowest BCUT2D eigenvalue weighted by atomic mass is 9.91. The topological polar surface area (TPSA) is 82.0 Å². The van der Waals surface area contributed by atoms with E-state index < -0.39 is 0 Å². The number of hydrogen-bond donors (Lipinski definition) is 0. The molecule has 0 saturated heterocycles. The van der Waals surface area contributed by atoms with Crippen molar-refractivity contribution in [2.75, 3.05) is 0 Å². The smallest absolute Gasteiger partial charge is 0.255 e. The Morgan fingerprint density at radius 1 is 0.867 bits per heavy atom. The molecule has 3 rings (SSSR count). The van der Waals surface area contributed by atoms with Gasteiger partial charge >= 0.3 is 0 Å². The number of rotatable bonds is 3. The van der Waals surface area contributed by atoms with Gasteiger partial charge in [0.2, 0.25) is 0 Å². The molecule has 0 spiro atoms. The van der Waals surface area contributed by atoms with E-state index >= 15 is 0 Å². The number of fused-ring (bicyclic) bond motifs is 1. The van der Waals surface area contributed by atoms with Gasteiger partial charge in [0.05, 0.1) is 18.0 Å². The highest BCUT2D eigenvalue weighted by Gasteiger charge is 2.30. The largest absolute Gasteiger partial charge is 0.260 e. The molecular weight excluding hydrogens is 378 g/mol. The lowest BCUT2D eigenvalue weighted by molar-refractivity contribution is 0.555. The highest BCUT2D eigenvalue weighted by Crippen LogP contribution is 2.41. The molecule has 0 aliphatic rings. The third-order valence-electron chi connectivity index (χ3n) is 4.90. The van der Waals surface area contributed by atoms with Crippen LogP contribution in [-0.2, 0) is 24.9 Å². The molecule has 0 amide bonds. The predicted molar refractivity (Wildman–Crippen MR) is 117 cm³/mol. The summed E-state index contributed by atoms with van der Waals surface area (Å²) in [7, 11) is 3.68. The average Bonchev–Trinajstić information content (AvgIpc) is 3.23. The van der Waals surface area contributed by atoms with Crippen molar-refractivity contribution in [1.82, 2.24) is 29.2 Å². The molecule has 0 N–H and O–H groups in total. The van der Waals surface area contributed by atoms with E-state index in [1.54, 1.807) is 16.4 Å². The Balaban J connectivity index is 2.26. The summed E-state index contributed by atoms with van der Waals surface area (Å²) in [5, 5.41) is 23.1. The standard InChI is InChI=1S/C21H31N9/c1-12(2)17-27-29(11)19-14(16(21(6,7)8)26-30(17)19)23-24-18-13(22-9)15(20(3,4)5)25-28(18)10/h12H,1-8,10-11H3. The highest BCUT2D eigenvalue weighted by atomic mass is 15.5. The van der Waals surface area contributed by atoms with Crippen molar-refractivity contribution in [1.29, 1.82) is 0 Å². The van der Waals surface area contributed by atoms with Crippen LogP contribution in [0.25, 0.3) is 10.5 Å². The average molecular weight is 410 g/mol. The Kier molecular flexibility index (Phi) is 5.09. The lowest BCUT2D eigenvalue weighted by Gasteiger charge is -2.15. The second-order valence-corrected chi connectivity index (χ2v) is 10.0. The first-order valence-electron chi connectivity index (χ1n) is 10.1. The molecule has 3 heterocycles. The fourth-order valence-corrected chi connectivity index (χ4v) is 3.37. The second kappa shape index (κ2) is 7.04. The molecule has 0 fully saturated rings. The maximum atomic E-state index is 7.67. The van der Waals surface area contributed by atoms with Gasteiger partial charge in [0, 0.05) is 25.4 Å². The van der Waals surface area contributed by atoms with Gasteiger partial charge < -0.3 is 0 Å². The van der Waals surface area contributed by atoms with Crippen LogP contribution >= 0.6 is 0 Å². The van der Waals surface area contributed by atoms with Crippen molar-refractivity contribution < 1.29 is 0 Å². The van der Waals surface area contributed by atoms with E-state index in [-0.39, 0.29) is 16.7 Å². The van der Waals surface area contributed by atoms with Gasteiger partial charge in [0.15, 0.2) is 23.0 Å². The van der Waals surface area contributed by atoms with E-state index in [0.29, 0.717) is 22.9 Å². The molecular formula is C21H31N9. The molecule has 160 valence electrons.